The first kappa shape index (κ1) is 9.75. The van der Waals surface area contributed by atoms with Crippen LogP contribution in [0.25, 0.3) is 0 Å². The first-order valence-corrected chi connectivity index (χ1v) is 4.88. The fraction of sp³-hybridized carbons (Fsp3) is 0.800. The highest BCUT2D eigenvalue weighted by Crippen LogP contribution is 2.14. The van der Waals surface area contributed by atoms with E-state index in [1.807, 2.05) is 0 Å². The third kappa shape index (κ3) is 2.95. The van der Waals surface area contributed by atoms with Crippen LogP contribution in [-0.2, 0) is 0 Å². The molecule has 0 aromatic rings. The van der Waals surface area contributed by atoms with Gasteiger partial charge in [0.05, 0.1) is 0 Å². The summed E-state index contributed by atoms with van der Waals surface area (Å²) in [4.78, 5) is 2.45. The van der Waals surface area contributed by atoms with E-state index in [1.165, 1.54) is 19.5 Å². The molecule has 0 aromatic heterocycles. The molecule has 1 unspecified atom stereocenters. The van der Waals surface area contributed by atoms with Crippen molar-refractivity contribution in [3.8, 4) is 0 Å². The average molecular weight is 168 g/mol. The highest BCUT2D eigenvalue weighted by Gasteiger charge is 2.10. The SMILES string of the molecule is CCN1CC=C(CC(C)N)CC1. The van der Waals surface area contributed by atoms with E-state index in [4.69, 9.17) is 5.73 Å². The van der Waals surface area contributed by atoms with Crippen molar-refractivity contribution in [1.29, 1.82) is 0 Å². The summed E-state index contributed by atoms with van der Waals surface area (Å²) in [7, 11) is 0. The van der Waals surface area contributed by atoms with Crippen molar-refractivity contribution in [3.05, 3.63) is 11.6 Å². The van der Waals surface area contributed by atoms with Crippen LogP contribution >= 0.6 is 0 Å². The Morgan fingerprint density at radius 2 is 2.42 bits per heavy atom. The summed E-state index contributed by atoms with van der Waals surface area (Å²) < 4.78 is 0. The van der Waals surface area contributed by atoms with Gasteiger partial charge >= 0.3 is 0 Å². The van der Waals surface area contributed by atoms with Crippen LogP contribution in [0.1, 0.15) is 26.7 Å². The van der Waals surface area contributed by atoms with Crippen LogP contribution in [0.5, 0.6) is 0 Å². The summed E-state index contributed by atoms with van der Waals surface area (Å²) in [5.41, 5.74) is 7.29. The monoisotopic (exact) mass is 168 g/mol. The maximum Gasteiger partial charge on any atom is 0.0165 e. The van der Waals surface area contributed by atoms with Crippen LogP contribution in [0.4, 0.5) is 0 Å². The smallest absolute Gasteiger partial charge is 0.0165 e. The second-order valence-corrected chi connectivity index (χ2v) is 3.69. The van der Waals surface area contributed by atoms with E-state index in [1.54, 1.807) is 5.57 Å². The second kappa shape index (κ2) is 4.63. The number of hydrogen-bond donors (Lipinski definition) is 1. The maximum atomic E-state index is 5.74. The molecule has 1 aliphatic heterocycles. The zero-order valence-electron chi connectivity index (χ0n) is 8.21. The molecule has 1 heterocycles. The maximum absolute atomic E-state index is 5.74. The molecule has 2 N–H and O–H groups in total. The molecule has 0 fully saturated rings. The lowest BCUT2D eigenvalue weighted by atomic mass is 10.0. The van der Waals surface area contributed by atoms with Gasteiger partial charge in [0.2, 0.25) is 0 Å². The Hall–Kier alpha value is -0.340. The molecule has 0 bridgehead atoms. The first-order valence-electron chi connectivity index (χ1n) is 4.88. The van der Waals surface area contributed by atoms with Crippen molar-refractivity contribution < 1.29 is 0 Å². The lowest BCUT2D eigenvalue weighted by molar-refractivity contribution is 0.307. The number of likely N-dealkylation sites (N-methyl/N-ethyl adjacent to an activating group) is 1. The van der Waals surface area contributed by atoms with E-state index >= 15 is 0 Å². The van der Waals surface area contributed by atoms with Gasteiger partial charge in [0.15, 0.2) is 0 Å². The van der Waals surface area contributed by atoms with Gasteiger partial charge in [0.25, 0.3) is 0 Å². The summed E-state index contributed by atoms with van der Waals surface area (Å²) >= 11 is 0. The van der Waals surface area contributed by atoms with Crippen LogP contribution in [0, 0.1) is 0 Å². The zero-order chi connectivity index (χ0) is 8.97. The van der Waals surface area contributed by atoms with Crippen molar-refractivity contribution >= 4 is 0 Å². The van der Waals surface area contributed by atoms with Gasteiger partial charge < -0.3 is 5.73 Å². The summed E-state index contributed by atoms with van der Waals surface area (Å²) in [6, 6.07) is 0.324. The van der Waals surface area contributed by atoms with Gasteiger partial charge in [0.1, 0.15) is 0 Å². The summed E-state index contributed by atoms with van der Waals surface area (Å²) in [6.07, 6.45) is 4.64. The fourth-order valence-electron chi connectivity index (χ4n) is 1.64. The van der Waals surface area contributed by atoms with Crippen molar-refractivity contribution in [3.63, 3.8) is 0 Å². The fourth-order valence-corrected chi connectivity index (χ4v) is 1.64. The van der Waals surface area contributed by atoms with E-state index in [9.17, 15) is 0 Å². The molecule has 0 spiro atoms. The van der Waals surface area contributed by atoms with Crippen LogP contribution < -0.4 is 5.73 Å². The minimum Gasteiger partial charge on any atom is -0.328 e. The lowest BCUT2D eigenvalue weighted by Crippen LogP contribution is -2.29. The number of hydrogen-bond acceptors (Lipinski definition) is 2. The van der Waals surface area contributed by atoms with Crippen molar-refractivity contribution in [2.24, 2.45) is 5.73 Å². The van der Waals surface area contributed by atoms with Crippen LogP contribution in [-0.4, -0.2) is 30.6 Å². The van der Waals surface area contributed by atoms with E-state index in [0.29, 0.717) is 6.04 Å². The minimum atomic E-state index is 0.324. The summed E-state index contributed by atoms with van der Waals surface area (Å²) in [6.45, 7) is 7.80. The van der Waals surface area contributed by atoms with Crippen molar-refractivity contribution in [1.82, 2.24) is 4.90 Å². The molecule has 1 rings (SSSR count). The van der Waals surface area contributed by atoms with Crippen LogP contribution in [0.2, 0.25) is 0 Å². The Morgan fingerprint density at radius 1 is 1.67 bits per heavy atom. The third-order valence-corrected chi connectivity index (χ3v) is 2.42. The Balaban J connectivity index is 2.34. The second-order valence-electron chi connectivity index (χ2n) is 3.69. The quantitative estimate of drug-likeness (QED) is 0.645. The van der Waals surface area contributed by atoms with Gasteiger partial charge in [-0.2, -0.15) is 0 Å². The number of nitrogens with two attached hydrogens (primary N) is 1. The molecule has 0 amide bonds. The molecule has 0 radical (unpaired) electrons. The number of nitrogens with zero attached hydrogens (tertiary/aromatic N) is 1. The van der Waals surface area contributed by atoms with E-state index < -0.39 is 0 Å². The molecule has 0 saturated carbocycles. The molecule has 0 aromatic carbocycles. The molecule has 70 valence electrons. The Labute approximate surface area is 75.4 Å². The Bertz CT molecular complexity index is 161. The summed E-state index contributed by atoms with van der Waals surface area (Å²) in [5.74, 6) is 0. The lowest BCUT2D eigenvalue weighted by Gasteiger charge is -2.25. The molecular weight excluding hydrogens is 148 g/mol. The number of rotatable bonds is 3. The van der Waals surface area contributed by atoms with Gasteiger partial charge in [-0.05, 0) is 26.3 Å². The van der Waals surface area contributed by atoms with E-state index in [-0.39, 0.29) is 0 Å². The minimum absolute atomic E-state index is 0.324. The molecule has 1 atom stereocenters. The predicted molar refractivity (Wildman–Crippen MR) is 53.1 cm³/mol. The Morgan fingerprint density at radius 3 is 2.83 bits per heavy atom. The molecule has 0 saturated heterocycles. The Kier molecular flexibility index (Phi) is 3.76. The van der Waals surface area contributed by atoms with Crippen molar-refractivity contribution in [2.75, 3.05) is 19.6 Å². The van der Waals surface area contributed by atoms with Gasteiger partial charge in [-0.25, -0.2) is 0 Å². The van der Waals surface area contributed by atoms with Crippen LogP contribution in [0.15, 0.2) is 11.6 Å². The molecule has 0 aliphatic carbocycles. The van der Waals surface area contributed by atoms with Gasteiger partial charge in [0, 0.05) is 19.1 Å². The standard InChI is InChI=1S/C10H20N2/c1-3-12-6-4-10(5-7-12)8-9(2)11/h4,9H,3,5-8,11H2,1-2H3. The zero-order valence-corrected chi connectivity index (χ0v) is 8.21. The molecular formula is C10H20N2. The van der Waals surface area contributed by atoms with Gasteiger partial charge in [-0.3, -0.25) is 4.90 Å². The topological polar surface area (TPSA) is 29.3 Å². The molecule has 12 heavy (non-hydrogen) atoms. The first-order chi connectivity index (χ1) is 5.72. The third-order valence-electron chi connectivity index (χ3n) is 2.42. The highest BCUT2D eigenvalue weighted by atomic mass is 15.1. The molecule has 1 aliphatic rings. The highest BCUT2D eigenvalue weighted by molar-refractivity contribution is 5.08. The normalized spacial score (nSPS) is 22.1. The van der Waals surface area contributed by atoms with Crippen LogP contribution in [0.3, 0.4) is 0 Å². The largest absolute Gasteiger partial charge is 0.328 e. The van der Waals surface area contributed by atoms with E-state index in [0.717, 1.165) is 13.0 Å². The van der Waals surface area contributed by atoms with Crippen molar-refractivity contribution in [2.45, 2.75) is 32.7 Å². The van der Waals surface area contributed by atoms with Gasteiger partial charge in [-0.15, -0.1) is 0 Å². The predicted octanol–water partition coefficient (Wildman–Crippen LogP) is 1.38. The van der Waals surface area contributed by atoms with E-state index in [2.05, 4.69) is 24.8 Å². The molecule has 2 heteroatoms. The average Bonchev–Trinajstić information content (AvgIpc) is 2.05. The summed E-state index contributed by atoms with van der Waals surface area (Å²) in [5, 5.41) is 0. The van der Waals surface area contributed by atoms with Gasteiger partial charge in [-0.1, -0.05) is 18.6 Å². The molecule has 2 nitrogen and oxygen atoms in total.